The van der Waals surface area contributed by atoms with E-state index in [0.717, 1.165) is 17.0 Å². The third kappa shape index (κ3) is 4.16. The molecule has 6 nitrogen and oxygen atoms in total. The maximum Gasteiger partial charge on any atom is 0.249 e. The van der Waals surface area contributed by atoms with Crippen molar-refractivity contribution in [3.8, 4) is 22.8 Å². The molecule has 0 saturated carbocycles. The topological polar surface area (TPSA) is 80.5 Å². The summed E-state index contributed by atoms with van der Waals surface area (Å²) in [5.74, 6) is 1.98. The molecule has 0 atom stereocenters. The van der Waals surface area contributed by atoms with E-state index < -0.39 is 0 Å². The average molecular weight is 418 g/mol. The Morgan fingerprint density at radius 2 is 2.00 bits per heavy atom. The predicted octanol–water partition coefficient (Wildman–Crippen LogP) is 5.43. The number of nitrogens with zero attached hydrogens (tertiary/aromatic N) is 4. The maximum absolute atomic E-state index is 6.18. The first-order valence-electron chi connectivity index (χ1n) is 7.98. The lowest BCUT2D eigenvalue weighted by Gasteiger charge is -1.98. The summed E-state index contributed by atoms with van der Waals surface area (Å²) in [5, 5.41) is 16.9. The van der Waals surface area contributed by atoms with E-state index in [0.29, 0.717) is 38.3 Å². The van der Waals surface area contributed by atoms with Gasteiger partial charge in [0.15, 0.2) is 5.82 Å². The zero-order chi connectivity index (χ0) is 18.8. The van der Waals surface area contributed by atoms with Crippen LogP contribution in [-0.4, -0.2) is 25.4 Å². The van der Waals surface area contributed by atoms with Crippen molar-refractivity contribution in [2.24, 2.45) is 0 Å². The molecule has 4 rings (SSSR count). The highest BCUT2D eigenvalue weighted by Gasteiger charge is 2.14. The second-order valence-electron chi connectivity index (χ2n) is 5.75. The SMILES string of the molecule is Cc1cccc(-c2nc(SCc3nnc(-c4ccc(Cl)cc4Cl)o3)n[nH]2)c1. The third-order valence-corrected chi connectivity index (χ3v) is 5.09. The summed E-state index contributed by atoms with van der Waals surface area (Å²) >= 11 is 13.5. The van der Waals surface area contributed by atoms with Crippen LogP contribution in [0, 0.1) is 6.92 Å². The quantitative estimate of drug-likeness (QED) is 0.436. The van der Waals surface area contributed by atoms with E-state index in [2.05, 4.69) is 31.4 Å². The summed E-state index contributed by atoms with van der Waals surface area (Å²) in [6.45, 7) is 2.04. The third-order valence-electron chi connectivity index (χ3n) is 3.71. The highest BCUT2D eigenvalue weighted by Crippen LogP contribution is 2.30. The molecular weight excluding hydrogens is 405 g/mol. The molecule has 0 saturated heterocycles. The van der Waals surface area contributed by atoms with Gasteiger partial charge in [-0.15, -0.1) is 15.3 Å². The van der Waals surface area contributed by atoms with E-state index in [4.69, 9.17) is 27.6 Å². The van der Waals surface area contributed by atoms with Gasteiger partial charge in [-0.25, -0.2) is 4.98 Å². The first-order valence-corrected chi connectivity index (χ1v) is 9.73. The molecule has 9 heteroatoms. The van der Waals surface area contributed by atoms with Gasteiger partial charge in [-0.2, -0.15) is 0 Å². The van der Waals surface area contributed by atoms with Crippen molar-refractivity contribution in [3.05, 3.63) is 64.0 Å². The van der Waals surface area contributed by atoms with Gasteiger partial charge in [-0.3, -0.25) is 5.10 Å². The van der Waals surface area contributed by atoms with Crippen molar-refractivity contribution in [3.63, 3.8) is 0 Å². The van der Waals surface area contributed by atoms with E-state index in [9.17, 15) is 0 Å². The lowest BCUT2D eigenvalue weighted by Crippen LogP contribution is -1.83. The first kappa shape index (κ1) is 18.0. The van der Waals surface area contributed by atoms with E-state index in [1.165, 1.54) is 11.8 Å². The molecule has 0 radical (unpaired) electrons. The van der Waals surface area contributed by atoms with Crippen molar-refractivity contribution >= 4 is 35.0 Å². The van der Waals surface area contributed by atoms with Crippen molar-refractivity contribution < 1.29 is 4.42 Å². The molecule has 4 aromatic rings. The van der Waals surface area contributed by atoms with Crippen LogP contribution in [0.5, 0.6) is 0 Å². The fourth-order valence-electron chi connectivity index (χ4n) is 2.44. The van der Waals surface area contributed by atoms with E-state index in [1.807, 2.05) is 25.1 Å². The van der Waals surface area contributed by atoms with Crippen LogP contribution < -0.4 is 0 Å². The molecule has 2 aromatic carbocycles. The zero-order valence-electron chi connectivity index (χ0n) is 14.1. The molecule has 0 amide bonds. The molecule has 0 aliphatic heterocycles. The van der Waals surface area contributed by atoms with Gasteiger partial charge in [0.2, 0.25) is 16.9 Å². The molecule has 0 spiro atoms. The minimum absolute atomic E-state index is 0.350. The van der Waals surface area contributed by atoms with Crippen LogP contribution in [0.25, 0.3) is 22.8 Å². The number of aromatic nitrogens is 5. The molecule has 0 unspecified atom stereocenters. The first-order chi connectivity index (χ1) is 13.1. The van der Waals surface area contributed by atoms with Crippen LogP contribution in [0.15, 0.2) is 52.0 Å². The molecule has 0 aliphatic rings. The normalized spacial score (nSPS) is 11.1. The monoisotopic (exact) mass is 417 g/mol. The minimum Gasteiger partial charge on any atom is -0.420 e. The molecule has 0 aliphatic carbocycles. The number of thioether (sulfide) groups is 1. The van der Waals surface area contributed by atoms with Crippen molar-refractivity contribution in [2.45, 2.75) is 17.8 Å². The van der Waals surface area contributed by atoms with Crippen LogP contribution in [0.3, 0.4) is 0 Å². The molecule has 0 fully saturated rings. The van der Waals surface area contributed by atoms with Gasteiger partial charge in [-0.1, -0.05) is 58.7 Å². The molecule has 0 bridgehead atoms. The van der Waals surface area contributed by atoms with E-state index in [-0.39, 0.29) is 0 Å². The standard InChI is InChI=1S/C18H13Cl2N5OS/c1-10-3-2-4-11(7-10)16-21-18(25-23-16)27-9-15-22-24-17(26-15)13-6-5-12(19)8-14(13)20/h2-8H,9H2,1H3,(H,21,23,25). The van der Waals surface area contributed by atoms with Gasteiger partial charge in [0.25, 0.3) is 0 Å². The van der Waals surface area contributed by atoms with Gasteiger partial charge in [0.05, 0.1) is 16.3 Å². The Bertz CT molecular complexity index is 1090. The Morgan fingerprint density at radius 3 is 2.81 bits per heavy atom. The summed E-state index contributed by atoms with van der Waals surface area (Å²) in [5.41, 5.74) is 2.80. The van der Waals surface area contributed by atoms with Crippen molar-refractivity contribution in [2.75, 3.05) is 0 Å². The zero-order valence-corrected chi connectivity index (χ0v) is 16.4. The second kappa shape index (κ2) is 7.72. The summed E-state index contributed by atoms with van der Waals surface area (Å²) < 4.78 is 5.68. The number of rotatable bonds is 5. The van der Waals surface area contributed by atoms with Gasteiger partial charge >= 0.3 is 0 Å². The summed E-state index contributed by atoms with van der Waals surface area (Å²) in [4.78, 5) is 4.50. The molecular formula is C18H13Cl2N5OS. The minimum atomic E-state index is 0.350. The van der Waals surface area contributed by atoms with E-state index >= 15 is 0 Å². The van der Waals surface area contributed by atoms with Crippen LogP contribution in [0.1, 0.15) is 11.5 Å². The Kier molecular flexibility index (Phi) is 5.15. The smallest absolute Gasteiger partial charge is 0.249 e. The fourth-order valence-corrected chi connectivity index (χ4v) is 3.57. The summed E-state index contributed by atoms with van der Waals surface area (Å²) in [7, 11) is 0. The van der Waals surface area contributed by atoms with Gasteiger partial charge in [-0.05, 0) is 31.2 Å². The summed E-state index contributed by atoms with van der Waals surface area (Å²) in [6.07, 6.45) is 0. The van der Waals surface area contributed by atoms with Crippen LogP contribution in [-0.2, 0) is 5.75 Å². The number of H-pyrrole nitrogens is 1. The highest BCUT2D eigenvalue weighted by atomic mass is 35.5. The summed E-state index contributed by atoms with van der Waals surface area (Å²) in [6, 6.07) is 13.2. The van der Waals surface area contributed by atoms with Crippen LogP contribution >= 0.6 is 35.0 Å². The Morgan fingerprint density at radius 1 is 1.11 bits per heavy atom. The maximum atomic E-state index is 6.18. The van der Waals surface area contributed by atoms with Crippen LogP contribution in [0.4, 0.5) is 0 Å². The van der Waals surface area contributed by atoms with Crippen molar-refractivity contribution in [1.82, 2.24) is 25.4 Å². The fraction of sp³-hybridized carbons (Fsp3) is 0.111. The lowest BCUT2D eigenvalue weighted by atomic mass is 10.1. The number of benzene rings is 2. The molecule has 2 heterocycles. The second-order valence-corrected chi connectivity index (χ2v) is 7.54. The van der Waals surface area contributed by atoms with Gasteiger partial charge in [0.1, 0.15) is 0 Å². The molecule has 1 N–H and O–H groups in total. The van der Waals surface area contributed by atoms with Crippen molar-refractivity contribution in [1.29, 1.82) is 0 Å². The van der Waals surface area contributed by atoms with E-state index in [1.54, 1.807) is 18.2 Å². The number of halogens is 2. The Balaban J connectivity index is 1.45. The number of aryl methyl sites for hydroxylation is 1. The number of nitrogens with one attached hydrogen (secondary N) is 1. The predicted molar refractivity (Wildman–Crippen MR) is 106 cm³/mol. The number of aromatic amines is 1. The largest absolute Gasteiger partial charge is 0.420 e. The Labute approximate surface area is 169 Å². The van der Waals surface area contributed by atoms with Gasteiger partial charge < -0.3 is 4.42 Å². The molecule has 27 heavy (non-hydrogen) atoms. The number of hydrogen-bond donors (Lipinski definition) is 1. The lowest BCUT2D eigenvalue weighted by molar-refractivity contribution is 0.528. The molecule has 136 valence electrons. The Hall–Kier alpha value is -2.35. The molecule has 2 aromatic heterocycles. The van der Waals surface area contributed by atoms with Crippen LogP contribution in [0.2, 0.25) is 10.0 Å². The number of hydrogen-bond acceptors (Lipinski definition) is 6. The highest BCUT2D eigenvalue weighted by molar-refractivity contribution is 7.98. The van der Waals surface area contributed by atoms with Gasteiger partial charge in [0, 0.05) is 10.6 Å². The average Bonchev–Trinajstić information content (AvgIpc) is 3.29.